The predicted molar refractivity (Wildman–Crippen MR) is 78.2 cm³/mol. The summed E-state index contributed by atoms with van der Waals surface area (Å²) in [7, 11) is 1.47. The first kappa shape index (κ1) is 16.7. The predicted octanol–water partition coefficient (Wildman–Crippen LogP) is 1.23. The average Bonchev–Trinajstić information content (AvgIpc) is 2.44. The third-order valence-electron chi connectivity index (χ3n) is 2.82. The Balaban J connectivity index is 2.75. The highest BCUT2D eigenvalue weighted by molar-refractivity contribution is 6.05. The molecule has 0 aliphatic heterocycles. The second-order valence-electron chi connectivity index (χ2n) is 5.21. The molecule has 2 N–H and O–H groups in total. The fraction of sp³-hybridized carbons (Fsp3) is 0.400. The van der Waals surface area contributed by atoms with E-state index < -0.39 is 11.9 Å². The minimum Gasteiger partial charge on any atom is -0.478 e. The Morgan fingerprint density at radius 3 is 2.29 bits per heavy atom. The number of nitrogens with zero attached hydrogens (tertiary/aromatic N) is 1. The van der Waals surface area contributed by atoms with E-state index in [0.29, 0.717) is 12.5 Å². The topological polar surface area (TPSA) is 86.7 Å². The van der Waals surface area contributed by atoms with Gasteiger partial charge in [-0.2, -0.15) is 0 Å². The van der Waals surface area contributed by atoms with Gasteiger partial charge in [-0.1, -0.05) is 26.0 Å². The lowest BCUT2D eigenvalue weighted by molar-refractivity contribution is -0.121. The van der Waals surface area contributed by atoms with Gasteiger partial charge in [0, 0.05) is 13.6 Å². The Morgan fingerprint density at radius 2 is 1.76 bits per heavy atom. The van der Waals surface area contributed by atoms with Gasteiger partial charge in [0.05, 0.1) is 17.7 Å². The van der Waals surface area contributed by atoms with Crippen LogP contribution in [0, 0.1) is 5.92 Å². The van der Waals surface area contributed by atoms with Gasteiger partial charge in [0.2, 0.25) is 5.91 Å². The number of carbonyl (C=O) groups is 3. The Kier molecular flexibility index (Phi) is 5.90. The van der Waals surface area contributed by atoms with Crippen LogP contribution < -0.4 is 5.32 Å². The van der Waals surface area contributed by atoms with Gasteiger partial charge in [0.15, 0.2) is 0 Å². The van der Waals surface area contributed by atoms with Gasteiger partial charge in [-0.3, -0.25) is 9.59 Å². The van der Waals surface area contributed by atoms with E-state index in [1.807, 2.05) is 13.8 Å². The molecule has 6 nitrogen and oxygen atoms in total. The smallest absolute Gasteiger partial charge is 0.336 e. The third-order valence-corrected chi connectivity index (χ3v) is 2.82. The van der Waals surface area contributed by atoms with E-state index in [-0.39, 0.29) is 23.6 Å². The molecule has 1 aromatic carbocycles. The number of rotatable bonds is 6. The molecule has 114 valence electrons. The number of nitrogens with one attached hydrogen (secondary N) is 1. The summed E-state index contributed by atoms with van der Waals surface area (Å²) in [6, 6.07) is 5.94. The summed E-state index contributed by atoms with van der Waals surface area (Å²) in [5.74, 6) is -1.61. The van der Waals surface area contributed by atoms with Gasteiger partial charge >= 0.3 is 5.97 Å². The van der Waals surface area contributed by atoms with E-state index in [2.05, 4.69) is 5.32 Å². The van der Waals surface area contributed by atoms with E-state index >= 15 is 0 Å². The molecule has 2 amide bonds. The second-order valence-corrected chi connectivity index (χ2v) is 5.21. The minimum atomic E-state index is -1.17. The van der Waals surface area contributed by atoms with Crippen LogP contribution in [0.1, 0.15) is 34.6 Å². The number of hydrogen-bond acceptors (Lipinski definition) is 3. The van der Waals surface area contributed by atoms with Gasteiger partial charge in [-0.15, -0.1) is 0 Å². The highest BCUT2D eigenvalue weighted by Gasteiger charge is 2.20. The highest BCUT2D eigenvalue weighted by atomic mass is 16.4. The molecular weight excluding hydrogens is 272 g/mol. The number of benzene rings is 1. The summed E-state index contributed by atoms with van der Waals surface area (Å²) in [6.45, 7) is 4.36. The molecule has 1 aromatic rings. The van der Waals surface area contributed by atoms with Crippen LogP contribution in [0.2, 0.25) is 0 Å². The summed E-state index contributed by atoms with van der Waals surface area (Å²) in [5.41, 5.74) is 0.00102. The molecule has 0 heterocycles. The monoisotopic (exact) mass is 292 g/mol. The Morgan fingerprint density at radius 1 is 1.19 bits per heavy atom. The van der Waals surface area contributed by atoms with Crippen molar-refractivity contribution < 1.29 is 19.5 Å². The van der Waals surface area contributed by atoms with Crippen LogP contribution in [0.4, 0.5) is 0 Å². The van der Waals surface area contributed by atoms with Crippen molar-refractivity contribution in [2.24, 2.45) is 5.92 Å². The number of hydrogen-bond donors (Lipinski definition) is 2. The quantitative estimate of drug-likeness (QED) is 0.825. The van der Waals surface area contributed by atoms with Crippen molar-refractivity contribution in [3.05, 3.63) is 35.4 Å². The lowest BCUT2D eigenvalue weighted by Gasteiger charge is -2.18. The van der Waals surface area contributed by atoms with Crippen molar-refractivity contribution in [2.45, 2.75) is 13.8 Å². The Labute approximate surface area is 123 Å². The van der Waals surface area contributed by atoms with Crippen molar-refractivity contribution in [1.29, 1.82) is 0 Å². The molecule has 0 unspecified atom stereocenters. The van der Waals surface area contributed by atoms with Crippen molar-refractivity contribution >= 4 is 17.8 Å². The maximum atomic E-state index is 12.2. The van der Waals surface area contributed by atoms with Gasteiger partial charge < -0.3 is 15.3 Å². The molecule has 0 saturated heterocycles. The number of carboxylic acid groups (broad SMARTS) is 1. The maximum Gasteiger partial charge on any atom is 0.336 e. The molecule has 0 aliphatic rings. The average molecular weight is 292 g/mol. The molecule has 21 heavy (non-hydrogen) atoms. The van der Waals surface area contributed by atoms with Crippen molar-refractivity contribution in [3.8, 4) is 0 Å². The summed E-state index contributed by atoms with van der Waals surface area (Å²) < 4.78 is 0. The molecule has 0 aromatic heterocycles. The lowest BCUT2D eigenvalue weighted by Crippen LogP contribution is -2.39. The summed E-state index contributed by atoms with van der Waals surface area (Å²) in [6.07, 6.45) is 0. The SMILES string of the molecule is CC(C)CNC(=O)CN(C)C(=O)c1ccccc1C(=O)O. The highest BCUT2D eigenvalue weighted by Crippen LogP contribution is 2.11. The molecule has 0 radical (unpaired) electrons. The van der Waals surface area contributed by atoms with Crippen molar-refractivity contribution in [1.82, 2.24) is 10.2 Å². The first-order valence-corrected chi connectivity index (χ1v) is 6.67. The number of aromatic carboxylic acids is 1. The normalized spacial score (nSPS) is 10.3. The molecule has 0 saturated carbocycles. The van der Waals surface area contributed by atoms with Crippen molar-refractivity contribution in [2.75, 3.05) is 20.1 Å². The number of amides is 2. The van der Waals surface area contributed by atoms with Gasteiger partial charge in [-0.05, 0) is 18.1 Å². The van der Waals surface area contributed by atoms with Gasteiger partial charge in [-0.25, -0.2) is 4.79 Å². The zero-order valence-electron chi connectivity index (χ0n) is 12.4. The summed E-state index contributed by atoms with van der Waals surface area (Å²) >= 11 is 0. The molecule has 0 spiro atoms. The minimum absolute atomic E-state index is 0.0723. The van der Waals surface area contributed by atoms with E-state index in [9.17, 15) is 14.4 Å². The van der Waals surface area contributed by atoms with E-state index in [0.717, 1.165) is 0 Å². The fourth-order valence-corrected chi connectivity index (χ4v) is 1.72. The van der Waals surface area contributed by atoms with Crippen LogP contribution in [0.25, 0.3) is 0 Å². The van der Waals surface area contributed by atoms with Crippen LogP contribution in [0.15, 0.2) is 24.3 Å². The number of carboxylic acids is 1. The van der Waals surface area contributed by atoms with Crippen LogP contribution in [-0.2, 0) is 4.79 Å². The van der Waals surface area contributed by atoms with Crippen molar-refractivity contribution in [3.63, 3.8) is 0 Å². The molecular formula is C15H20N2O4. The number of likely N-dealkylation sites (N-methyl/N-ethyl adjacent to an activating group) is 1. The molecule has 0 atom stereocenters. The van der Waals surface area contributed by atoms with E-state index in [1.54, 1.807) is 12.1 Å². The van der Waals surface area contributed by atoms with Gasteiger partial charge in [0.1, 0.15) is 0 Å². The first-order chi connectivity index (χ1) is 9.82. The molecule has 6 heteroatoms. The zero-order chi connectivity index (χ0) is 16.0. The summed E-state index contributed by atoms with van der Waals surface area (Å²) in [5, 5.41) is 11.8. The van der Waals surface area contributed by atoms with E-state index in [1.165, 1.54) is 24.1 Å². The largest absolute Gasteiger partial charge is 0.478 e. The van der Waals surface area contributed by atoms with Gasteiger partial charge in [0.25, 0.3) is 5.91 Å². The molecule has 0 bridgehead atoms. The van der Waals surface area contributed by atoms with Crippen LogP contribution in [0.3, 0.4) is 0 Å². The zero-order valence-corrected chi connectivity index (χ0v) is 12.4. The standard InChI is InChI=1S/C15H20N2O4/c1-10(2)8-16-13(18)9-17(3)14(19)11-6-4-5-7-12(11)15(20)21/h4-7,10H,8-9H2,1-3H3,(H,16,18)(H,20,21). The van der Waals surface area contributed by atoms with Crippen LogP contribution in [-0.4, -0.2) is 47.9 Å². The number of carbonyl (C=O) groups excluding carboxylic acids is 2. The second kappa shape index (κ2) is 7.42. The molecule has 0 aliphatic carbocycles. The lowest BCUT2D eigenvalue weighted by atomic mass is 10.1. The third kappa shape index (κ3) is 4.91. The first-order valence-electron chi connectivity index (χ1n) is 6.67. The summed E-state index contributed by atoms with van der Waals surface area (Å²) in [4.78, 5) is 36.2. The molecule has 0 fully saturated rings. The van der Waals surface area contributed by atoms with Crippen LogP contribution >= 0.6 is 0 Å². The Hall–Kier alpha value is -2.37. The van der Waals surface area contributed by atoms with Crippen LogP contribution in [0.5, 0.6) is 0 Å². The molecule has 1 rings (SSSR count). The fourth-order valence-electron chi connectivity index (χ4n) is 1.72. The Bertz CT molecular complexity index is 540. The van der Waals surface area contributed by atoms with E-state index in [4.69, 9.17) is 5.11 Å². The maximum absolute atomic E-state index is 12.2.